The van der Waals surface area contributed by atoms with Crippen LogP contribution in [0.4, 0.5) is 14.5 Å². The molecule has 1 saturated heterocycles. The SMILES string of the molecule is CC12CC(NC(=S)N1c1ccccc1F)c1cc(F)ccc1O2. The Morgan fingerprint density at radius 3 is 2.83 bits per heavy atom. The van der Waals surface area contributed by atoms with Gasteiger partial charge in [-0.2, -0.15) is 0 Å². The third-order valence-corrected chi connectivity index (χ3v) is 4.63. The van der Waals surface area contributed by atoms with E-state index in [4.69, 9.17) is 17.0 Å². The van der Waals surface area contributed by atoms with Crippen LogP contribution in [0.15, 0.2) is 42.5 Å². The van der Waals surface area contributed by atoms with Gasteiger partial charge >= 0.3 is 0 Å². The Balaban J connectivity index is 1.83. The Kier molecular flexibility index (Phi) is 3.06. The maximum absolute atomic E-state index is 14.3. The summed E-state index contributed by atoms with van der Waals surface area (Å²) >= 11 is 5.43. The lowest BCUT2D eigenvalue weighted by atomic mass is 9.90. The summed E-state index contributed by atoms with van der Waals surface area (Å²) in [5.41, 5.74) is 0.259. The van der Waals surface area contributed by atoms with Crippen molar-refractivity contribution in [2.75, 3.05) is 4.90 Å². The van der Waals surface area contributed by atoms with Crippen LogP contribution in [0.3, 0.4) is 0 Å². The summed E-state index contributed by atoms with van der Waals surface area (Å²) in [6.07, 6.45) is 0.526. The lowest BCUT2D eigenvalue weighted by Crippen LogP contribution is -2.65. The Hall–Kier alpha value is -2.21. The van der Waals surface area contributed by atoms with E-state index >= 15 is 0 Å². The number of thiocarbonyl (C=S) groups is 1. The summed E-state index contributed by atoms with van der Waals surface area (Å²) in [5, 5.41) is 3.54. The molecular weight excluding hydrogens is 318 g/mol. The molecule has 2 aliphatic heterocycles. The molecular formula is C17H14F2N2OS. The van der Waals surface area contributed by atoms with Crippen molar-refractivity contribution in [1.29, 1.82) is 0 Å². The zero-order chi connectivity index (χ0) is 16.2. The van der Waals surface area contributed by atoms with E-state index < -0.39 is 5.72 Å². The van der Waals surface area contributed by atoms with Crippen LogP contribution in [-0.4, -0.2) is 10.8 Å². The van der Waals surface area contributed by atoms with Gasteiger partial charge in [0.05, 0.1) is 11.7 Å². The van der Waals surface area contributed by atoms with E-state index in [2.05, 4.69) is 5.32 Å². The molecule has 0 radical (unpaired) electrons. The second-order valence-electron chi connectivity index (χ2n) is 5.95. The van der Waals surface area contributed by atoms with E-state index in [1.165, 1.54) is 18.2 Å². The van der Waals surface area contributed by atoms with Gasteiger partial charge in [-0.05, 0) is 49.5 Å². The maximum atomic E-state index is 14.3. The summed E-state index contributed by atoms with van der Waals surface area (Å²) < 4.78 is 33.9. The quantitative estimate of drug-likeness (QED) is 0.801. The standard InChI is InChI=1S/C17H14F2N2OS/c1-17-9-13(11-8-10(18)6-7-15(11)22-17)20-16(23)21(17)14-5-3-2-4-12(14)19/h2-8,13H,9H2,1H3,(H,20,23). The molecule has 0 amide bonds. The van der Waals surface area contributed by atoms with Gasteiger partial charge in [0, 0.05) is 12.0 Å². The maximum Gasteiger partial charge on any atom is 0.188 e. The Labute approximate surface area is 137 Å². The molecule has 1 fully saturated rings. The van der Waals surface area contributed by atoms with E-state index in [0.717, 1.165) is 5.56 Å². The van der Waals surface area contributed by atoms with Crippen LogP contribution in [0, 0.1) is 11.6 Å². The number of anilines is 1. The molecule has 4 rings (SSSR count). The van der Waals surface area contributed by atoms with Gasteiger partial charge in [-0.15, -0.1) is 0 Å². The third kappa shape index (κ3) is 2.16. The van der Waals surface area contributed by atoms with E-state index in [9.17, 15) is 8.78 Å². The van der Waals surface area contributed by atoms with Gasteiger partial charge in [-0.3, -0.25) is 4.90 Å². The van der Waals surface area contributed by atoms with E-state index in [1.54, 1.807) is 29.2 Å². The van der Waals surface area contributed by atoms with Crippen molar-refractivity contribution >= 4 is 23.0 Å². The van der Waals surface area contributed by atoms with Gasteiger partial charge in [-0.1, -0.05) is 12.1 Å². The summed E-state index contributed by atoms with van der Waals surface area (Å²) in [6, 6.07) is 10.7. The van der Waals surface area contributed by atoms with Gasteiger partial charge in [0.25, 0.3) is 0 Å². The van der Waals surface area contributed by atoms with Crippen LogP contribution in [-0.2, 0) is 0 Å². The molecule has 2 unspecified atom stereocenters. The molecule has 2 aromatic carbocycles. The highest BCUT2D eigenvalue weighted by Crippen LogP contribution is 2.46. The first-order chi connectivity index (χ1) is 11.0. The smallest absolute Gasteiger partial charge is 0.188 e. The molecule has 23 heavy (non-hydrogen) atoms. The second kappa shape index (κ2) is 4.89. The van der Waals surface area contributed by atoms with Crippen molar-refractivity contribution in [3.63, 3.8) is 0 Å². The van der Waals surface area contributed by atoms with Crippen molar-refractivity contribution < 1.29 is 13.5 Å². The predicted molar refractivity (Wildman–Crippen MR) is 87.4 cm³/mol. The number of benzene rings is 2. The average Bonchev–Trinajstić information content (AvgIpc) is 2.49. The topological polar surface area (TPSA) is 24.5 Å². The molecule has 118 valence electrons. The monoisotopic (exact) mass is 332 g/mol. The van der Waals surface area contributed by atoms with Crippen molar-refractivity contribution in [1.82, 2.24) is 5.32 Å². The lowest BCUT2D eigenvalue weighted by molar-refractivity contribution is 0.0490. The highest BCUT2D eigenvalue weighted by atomic mass is 32.1. The average molecular weight is 332 g/mol. The number of hydrogen-bond donors (Lipinski definition) is 1. The molecule has 2 bridgehead atoms. The van der Waals surface area contributed by atoms with Gasteiger partial charge in [0.1, 0.15) is 17.4 Å². The van der Waals surface area contributed by atoms with Crippen molar-refractivity contribution in [2.24, 2.45) is 0 Å². The third-order valence-electron chi connectivity index (χ3n) is 4.33. The minimum atomic E-state index is -0.833. The van der Waals surface area contributed by atoms with Crippen LogP contribution in [0.5, 0.6) is 5.75 Å². The number of fused-ring (bicyclic) bond motifs is 4. The normalized spacial score (nSPS) is 25.4. The van der Waals surface area contributed by atoms with Crippen LogP contribution in [0.1, 0.15) is 24.9 Å². The largest absolute Gasteiger partial charge is 0.467 e. The second-order valence-corrected chi connectivity index (χ2v) is 6.34. The Morgan fingerprint density at radius 1 is 1.26 bits per heavy atom. The fourth-order valence-corrected chi connectivity index (χ4v) is 3.78. The van der Waals surface area contributed by atoms with Crippen LogP contribution < -0.4 is 15.0 Å². The zero-order valence-electron chi connectivity index (χ0n) is 12.3. The summed E-state index contributed by atoms with van der Waals surface area (Å²) in [6.45, 7) is 1.87. The van der Waals surface area contributed by atoms with Crippen LogP contribution in [0.2, 0.25) is 0 Å². The minimum Gasteiger partial charge on any atom is -0.467 e. The first-order valence-electron chi connectivity index (χ1n) is 7.32. The molecule has 6 heteroatoms. The number of ether oxygens (including phenoxy) is 1. The van der Waals surface area contributed by atoms with E-state index in [-0.39, 0.29) is 17.7 Å². The van der Waals surface area contributed by atoms with Gasteiger partial charge in [0.2, 0.25) is 0 Å². The lowest BCUT2D eigenvalue weighted by Gasteiger charge is -2.52. The van der Waals surface area contributed by atoms with E-state index in [1.807, 2.05) is 6.92 Å². The molecule has 2 atom stereocenters. The molecule has 0 spiro atoms. The first-order valence-corrected chi connectivity index (χ1v) is 7.72. The highest BCUT2D eigenvalue weighted by molar-refractivity contribution is 7.80. The van der Waals surface area contributed by atoms with Crippen molar-refractivity contribution in [3.05, 3.63) is 59.7 Å². The molecule has 0 saturated carbocycles. The fraction of sp³-hybridized carbons (Fsp3) is 0.235. The number of nitrogens with zero attached hydrogens (tertiary/aromatic N) is 1. The summed E-state index contributed by atoms with van der Waals surface area (Å²) in [4.78, 5) is 1.65. The number of hydrogen-bond acceptors (Lipinski definition) is 2. The number of rotatable bonds is 1. The van der Waals surface area contributed by atoms with Crippen LogP contribution >= 0.6 is 12.2 Å². The molecule has 2 aliphatic rings. The van der Waals surface area contributed by atoms with E-state index in [0.29, 0.717) is 23.0 Å². The van der Waals surface area contributed by atoms with Gasteiger partial charge in [-0.25, -0.2) is 8.78 Å². The molecule has 3 nitrogen and oxygen atoms in total. The fourth-order valence-electron chi connectivity index (χ4n) is 3.34. The Morgan fingerprint density at radius 2 is 2.04 bits per heavy atom. The molecule has 2 heterocycles. The first kappa shape index (κ1) is 14.4. The van der Waals surface area contributed by atoms with Crippen molar-refractivity contribution in [2.45, 2.75) is 25.1 Å². The number of nitrogens with one attached hydrogen (secondary N) is 1. The molecule has 2 aromatic rings. The summed E-state index contributed by atoms with van der Waals surface area (Å²) in [5.74, 6) is -0.105. The summed E-state index contributed by atoms with van der Waals surface area (Å²) in [7, 11) is 0. The predicted octanol–water partition coefficient (Wildman–Crippen LogP) is 3.90. The van der Waals surface area contributed by atoms with Gasteiger partial charge in [0.15, 0.2) is 10.8 Å². The molecule has 0 aliphatic carbocycles. The number of para-hydroxylation sites is 1. The molecule has 1 N–H and O–H groups in total. The number of halogens is 2. The zero-order valence-corrected chi connectivity index (χ0v) is 13.2. The van der Waals surface area contributed by atoms with Crippen LogP contribution in [0.25, 0.3) is 0 Å². The highest BCUT2D eigenvalue weighted by Gasteiger charge is 2.48. The van der Waals surface area contributed by atoms with Gasteiger partial charge < -0.3 is 10.1 Å². The minimum absolute atomic E-state index is 0.157. The Bertz CT molecular complexity index is 813. The molecule has 0 aromatic heterocycles. The van der Waals surface area contributed by atoms with Crippen molar-refractivity contribution in [3.8, 4) is 5.75 Å².